The molecule has 1 aromatic heterocycles. The van der Waals surface area contributed by atoms with Crippen LogP contribution in [-0.4, -0.2) is 58.5 Å². The molecule has 30 heavy (non-hydrogen) atoms. The highest BCUT2D eigenvalue weighted by molar-refractivity contribution is 7.14. The molecule has 1 aliphatic carbocycles. The van der Waals surface area contributed by atoms with Gasteiger partial charge in [0.1, 0.15) is 0 Å². The molecule has 0 saturated carbocycles. The number of fused-ring (bicyclic) bond motifs is 1. The minimum Gasteiger partial charge on any atom is -0.378 e. The minimum atomic E-state index is 0.00281. The number of hydrogen-bond donors (Lipinski definition) is 1. The molecule has 0 atom stereocenters. The fourth-order valence-corrected chi connectivity index (χ4v) is 5.65. The van der Waals surface area contributed by atoms with Crippen LogP contribution >= 0.6 is 11.3 Å². The zero-order valence-electron chi connectivity index (χ0n) is 17.3. The summed E-state index contributed by atoms with van der Waals surface area (Å²) >= 11 is 1.66. The lowest BCUT2D eigenvalue weighted by Crippen LogP contribution is -2.38. The second-order valence-corrected chi connectivity index (χ2v) is 9.26. The van der Waals surface area contributed by atoms with E-state index in [-0.39, 0.29) is 5.91 Å². The molecule has 0 bridgehead atoms. The lowest BCUT2D eigenvalue weighted by molar-refractivity contribution is 0.103. The SMILES string of the molecule is O=C(Nc1ccc(N2CCOCC2)cc1N1CCOCC1)c1cc2c(s1)CCCC2. The van der Waals surface area contributed by atoms with Gasteiger partial charge >= 0.3 is 0 Å². The van der Waals surface area contributed by atoms with E-state index in [1.807, 2.05) is 0 Å². The molecule has 2 aliphatic heterocycles. The maximum Gasteiger partial charge on any atom is 0.265 e. The number of rotatable bonds is 4. The number of carbonyl (C=O) groups is 1. The van der Waals surface area contributed by atoms with Crippen molar-refractivity contribution in [1.82, 2.24) is 0 Å². The van der Waals surface area contributed by atoms with Crippen LogP contribution in [-0.2, 0) is 22.3 Å². The van der Waals surface area contributed by atoms with Crippen molar-refractivity contribution in [2.24, 2.45) is 0 Å². The monoisotopic (exact) mass is 427 g/mol. The molecule has 3 heterocycles. The molecule has 0 unspecified atom stereocenters. The third-order valence-electron chi connectivity index (χ3n) is 6.18. The Morgan fingerprint density at radius 2 is 1.60 bits per heavy atom. The van der Waals surface area contributed by atoms with Crippen molar-refractivity contribution in [2.75, 3.05) is 67.7 Å². The van der Waals surface area contributed by atoms with Crippen molar-refractivity contribution >= 4 is 34.3 Å². The third kappa shape index (κ3) is 4.19. The molecular formula is C23H29N3O3S. The van der Waals surface area contributed by atoms with Gasteiger partial charge < -0.3 is 24.6 Å². The Balaban J connectivity index is 1.41. The normalized spacial score (nSPS) is 19.5. The van der Waals surface area contributed by atoms with Gasteiger partial charge in [-0.05, 0) is 55.5 Å². The molecule has 7 heteroatoms. The Labute approximate surface area is 181 Å². The summed E-state index contributed by atoms with van der Waals surface area (Å²) in [6, 6.07) is 8.49. The average molecular weight is 428 g/mol. The number of nitrogens with zero attached hydrogens (tertiary/aromatic N) is 2. The van der Waals surface area contributed by atoms with Gasteiger partial charge in [0.25, 0.3) is 5.91 Å². The number of nitrogens with one attached hydrogen (secondary N) is 1. The molecule has 3 aliphatic rings. The lowest BCUT2D eigenvalue weighted by Gasteiger charge is -2.33. The van der Waals surface area contributed by atoms with Gasteiger partial charge in [-0.3, -0.25) is 4.79 Å². The highest BCUT2D eigenvalue weighted by Crippen LogP contribution is 2.34. The lowest BCUT2D eigenvalue weighted by atomic mass is 9.99. The maximum absolute atomic E-state index is 13.1. The van der Waals surface area contributed by atoms with Crippen LogP contribution in [0.3, 0.4) is 0 Å². The second-order valence-electron chi connectivity index (χ2n) is 8.12. The fourth-order valence-electron chi connectivity index (χ4n) is 4.50. The Hall–Kier alpha value is -2.09. The first-order chi connectivity index (χ1) is 14.8. The number of hydrogen-bond acceptors (Lipinski definition) is 6. The molecule has 2 saturated heterocycles. The summed E-state index contributed by atoms with van der Waals surface area (Å²) in [6.07, 6.45) is 4.68. The number of amides is 1. The first-order valence-corrected chi connectivity index (χ1v) is 11.8. The van der Waals surface area contributed by atoms with Crippen molar-refractivity contribution < 1.29 is 14.3 Å². The van der Waals surface area contributed by atoms with E-state index in [0.29, 0.717) is 13.2 Å². The molecule has 2 aromatic rings. The average Bonchev–Trinajstić information content (AvgIpc) is 3.25. The largest absolute Gasteiger partial charge is 0.378 e. The Bertz CT molecular complexity index is 878. The van der Waals surface area contributed by atoms with E-state index < -0.39 is 0 Å². The highest BCUT2D eigenvalue weighted by Gasteiger charge is 2.22. The minimum absolute atomic E-state index is 0.00281. The van der Waals surface area contributed by atoms with Crippen LogP contribution in [0, 0.1) is 0 Å². The summed E-state index contributed by atoms with van der Waals surface area (Å²) in [5, 5.41) is 3.21. The van der Waals surface area contributed by atoms with Gasteiger partial charge in [0, 0.05) is 36.7 Å². The summed E-state index contributed by atoms with van der Waals surface area (Å²) in [7, 11) is 0. The van der Waals surface area contributed by atoms with Gasteiger partial charge in [0.2, 0.25) is 0 Å². The number of aryl methyl sites for hydroxylation is 2. The van der Waals surface area contributed by atoms with Gasteiger partial charge in [-0.2, -0.15) is 0 Å². The maximum atomic E-state index is 13.1. The van der Waals surface area contributed by atoms with Crippen LogP contribution in [0.5, 0.6) is 0 Å². The number of benzene rings is 1. The number of thiophene rings is 1. The number of ether oxygens (including phenoxy) is 2. The van der Waals surface area contributed by atoms with Gasteiger partial charge in [0.05, 0.1) is 42.7 Å². The molecule has 1 aromatic carbocycles. The van der Waals surface area contributed by atoms with Gasteiger partial charge in [0.15, 0.2) is 0 Å². The van der Waals surface area contributed by atoms with E-state index >= 15 is 0 Å². The Morgan fingerprint density at radius 3 is 2.33 bits per heavy atom. The van der Waals surface area contributed by atoms with Gasteiger partial charge in [-0.25, -0.2) is 0 Å². The smallest absolute Gasteiger partial charge is 0.265 e. The van der Waals surface area contributed by atoms with E-state index in [4.69, 9.17) is 9.47 Å². The summed E-state index contributed by atoms with van der Waals surface area (Å²) in [5.41, 5.74) is 4.51. The molecule has 0 spiro atoms. The van der Waals surface area contributed by atoms with E-state index in [1.54, 1.807) is 11.3 Å². The zero-order valence-corrected chi connectivity index (χ0v) is 18.1. The predicted octanol–water partition coefficient (Wildman–Crippen LogP) is 3.55. The van der Waals surface area contributed by atoms with Crippen LogP contribution in [0.25, 0.3) is 0 Å². The third-order valence-corrected chi connectivity index (χ3v) is 7.41. The van der Waals surface area contributed by atoms with Gasteiger partial charge in [-0.1, -0.05) is 0 Å². The van der Waals surface area contributed by atoms with E-state index in [1.165, 1.54) is 29.0 Å². The summed E-state index contributed by atoms with van der Waals surface area (Å²) in [5.74, 6) is 0.00281. The number of anilines is 3. The Morgan fingerprint density at radius 1 is 0.900 bits per heavy atom. The number of carbonyl (C=O) groups excluding carboxylic acids is 1. The molecule has 5 rings (SSSR count). The van der Waals surface area contributed by atoms with E-state index in [0.717, 1.165) is 68.5 Å². The molecule has 160 valence electrons. The quantitative estimate of drug-likeness (QED) is 0.809. The highest BCUT2D eigenvalue weighted by atomic mass is 32.1. The molecule has 2 fully saturated rings. The van der Waals surface area contributed by atoms with Crippen LogP contribution in [0.2, 0.25) is 0 Å². The number of morpholine rings is 2. The predicted molar refractivity (Wildman–Crippen MR) is 121 cm³/mol. The van der Waals surface area contributed by atoms with Crippen molar-refractivity contribution in [2.45, 2.75) is 25.7 Å². The van der Waals surface area contributed by atoms with Crippen molar-refractivity contribution in [1.29, 1.82) is 0 Å². The van der Waals surface area contributed by atoms with E-state index in [2.05, 4.69) is 39.4 Å². The standard InChI is InChI=1S/C23H29N3O3S/c27-23(22-15-17-3-1-2-4-21(17)30-22)24-19-6-5-18(25-7-11-28-12-8-25)16-20(19)26-9-13-29-14-10-26/h5-6,15-16H,1-4,7-14H2,(H,24,27). The topological polar surface area (TPSA) is 54.0 Å². The molecule has 6 nitrogen and oxygen atoms in total. The van der Waals surface area contributed by atoms with Crippen LogP contribution in [0.15, 0.2) is 24.3 Å². The Kier molecular flexibility index (Phi) is 5.93. The van der Waals surface area contributed by atoms with E-state index in [9.17, 15) is 4.79 Å². The zero-order chi connectivity index (χ0) is 20.3. The van der Waals surface area contributed by atoms with Crippen LogP contribution < -0.4 is 15.1 Å². The first-order valence-electron chi connectivity index (χ1n) is 11.0. The molecular weight excluding hydrogens is 398 g/mol. The van der Waals surface area contributed by atoms with Gasteiger partial charge in [-0.15, -0.1) is 11.3 Å². The van der Waals surface area contributed by atoms with Crippen molar-refractivity contribution in [3.05, 3.63) is 39.6 Å². The van der Waals surface area contributed by atoms with Crippen LogP contribution in [0.4, 0.5) is 17.1 Å². The molecule has 1 N–H and O–H groups in total. The summed E-state index contributed by atoms with van der Waals surface area (Å²) in [4.78, 5) is 20.0. The van der Waals surface area contributed by atoms with Crippen LogP contribution in [0.1, 0.15) is 33.0 Å². The summed E-state index contributed by atoms with van der Waals surface area (Å²) < 4.78 is 11.1. The fraction of sp³-hybridized carbons (Fsp3) is 0.522. The first kappa shape index (κ1) is 19.8. The molecule has 0 radical (unpaired) electrons. The second kappa shape index (κ2) is 8.96. The van der Waals surface area contributed by atoms with Crippen molar-refractivity contribution in [3.8, 4) is 0 Å². The van der Waals surface area contributed by atoms with Crippen molar-refractivity contribution in [3.63, 3.8) is 0 Å². The molecule has 1 amide bonds. The summed E-state index contributed by atoms with van der Waals surface area (Å²) in [6.45, 7) is 6.41.